The maximum atomic E-state index is 13.0. The van der Waals surface area contributed by atoms with E-state index in [4.69, 9.17) is 4.98 Å². The van der Waals surface area contributed by atoms with Crippen LogP contribution in [0.15, 0.2) is 42.5 Å². The summed E-state index contributed by atoms with van der Waals surface area (Å²) < 4.78 is 2.39. The highest BCUT2D eigenvalue weighted by Gasteiger charge is 2.35. The zero-order valence-corrected chi connectivity index (χ0v) is 19.2. The molecule has 2 aromatic carbocycles. The van der Waals surface area contributed by atoms with Crippen LogP contribution in [0, 0.1) is 13.8 Å². The standard InChI is InChI=1S/C27H35N3O/c1-4-5-6-7-8-11-17-29-25-15-10-9-14-23(25)28-27(29)22-18-26(31)30(19-22)24-16-12-13-20(2)21(24)3/h9-10,12-16,22H,4-8,11,17-19H2,1-3H3. The summed E-state index contributed by atoms with van der Waals surface area (Å²) in [5.41, 5.74) is 5.71. The van der Waals surface area contributed by atoms with E-state index in [-0.39, 0.29) is 11.8 Å². The van der Waals surface area contributed by atoms with E-state index >= 15 is 0 Å². The van der Waals surface area contributed by atoms with E-state index < -0.39 is 0 Å². The number of benzene rings is 2. The van der Waals surface area contributed by atoms with Crippen molar-refractivity contribution in [3.63, 3.8) is 0 Å². The number of aryl methyl sites for hydroxylation is 2. The summed E-state index contributed by atoms with van der Waals surface area (Å²) in [6, 6.07) is 14.6. The van der Waals surface area contributed by atoms with Crippen LogP contribution in [0.25, 0.3) is 11.0 Å². The van der Waals surface area contributed by atoms with E-state index in [1.807, 2.05) is 11.0 Å². The minimum Gasteiger partial charge on any atom is -0.328 e. The molecule has 0 spiro atoms. The Morgan fingerprint density at radius 3 is 2.58 bits per heavy atom. The van der Waals surface area contributed by atoms with E-state index in [9.17, 15) is 4.79 Å². The minimum atomic E-state index is 0.139. The number of rotatable bonds is 9. The van der Waals surface area contributed by atoms with Crippen molar-refractivity contribution in [3.8, 4) is 0 Å². The molecule has 0 radical (unpaired) electrons. The maximum Gasteiger partial charge on any atom is 0.227 e. The number of hydrogen-bond acceptors (Lipinski definition) is 2. The molecule has 4 heteroatoms. The first kappa shape index (κ1) is 21.6. The van der Waals surface area contributed by atoms with Gasteiger partial charge in [-0.15, -0.1) is 0 Å². The summed E-state index contributed by atoms with van der Waals surface area (Å²) in [5, 5.41) is 0. The van der Waals surface area contributed by atoms with Gasteiger partial charge in [-0.2, -0.15) is 0 Å². The van der Waals surface area contributed by atoms with Crippen molar-refractivity contribution in [2.24, 2.45) is 0 Å². The summed E-state index contributed by atoms with van der Waals surface area (Å²) in [5.74, 6) is 1.42. The Morgan fingerprint density at radius 1 is 0.968 bits per heavy atom. The molecule has 1 aromatic heterocycles. The summed E-state index contributed by atoms with van der Waals surface area (Å²) >= 11 is 0. The van der Waals surface area contributed by atoms with Crippen LogP contribution < -0.4 is 4.90 Å². The molecule has 0 bridgehead atoms. The number of fused-ring (bicyclic) bond motifs is 1. The lowest BCUT2D eigenvalue weighted by atomic mass is 10.1. The van der Waals surface area contributed by atoms with Gasteiger partial charge >= 0.3 is 0 Å². The molecule has 1 amide bonds. The Hall–Kier alpha value is -2.62. The van der Waals surface area contributed by atoms with Crippen LogP contribution in [-0.4, -0.2) is 22.0 Å². The van der Waals surface area contributed by atoms with Crippen LogP contribution in [0.2, 0.25) is 0 Å². The van der Waals surface area contributed by atoms with Crippen molar-refractivity contribution in [2.75, 3.05) is 11.4 Å². The fourth-order valence-corrected chi connectivity index (χ4v) is 4.83. The van der Waals surface area contributed by atoms with E-state index in [0.29, 0.717) is 13.0 Å². The van der Waals surface area contributed by atoms with Crippen molar-refractivity contribution < 1.29 is 4.79 Å². The molecule has 164 valence electrons. The van der Waals surface area contributed by atoms with Crippen molar-refractivity contribution >= 4 is 22.6 Å². The first-order valence-electron chi connectivity index (χ1n) is 11.9. The SMILES string of the molecule is CCCCCCCCn1c(C2CC(=O)N(c3cccc(C)c3C)C2)nc2ccccc21. The lowest BCUT2D eigenvalue weighted by molar-refractivity contribution is -0.117. The Labute approximate surface area is 186 Å². The topological polar surface area (TPSA) is 38.1 Å². The number of aromatic nitrogens is 2. The lowest BCUT2D eigenvalue weighted by Crippen LogP contribution is -2.25. The van der Waals surface area contributed by atoms with Gasteiger partial charge in [-0.3, -0.25) is 4.79 Å². The van der Waals surface area contributed by atoms with Crippen LogP contribution in [0.5, 0.6) is 0 Å². The molecule has 0 aliphatic carbocycles. The number of anilines is 1. The van der Waals surface area contributed by atoms with Gasteiger partial charge in [-0.05, 0) is 49.6 Å². The van der Waals surface area contributed by atoms with Gasteiger partial charge in [-0.1, -0.05) is 63.3 Å². The molecule has 2 heterocycles. The van der Waals surface area contributed by atoms with Gasteiger partial charge in [0.25, 0.3) is 0 Å². The second-order valence-electron chi connectivity index (χ2n) is 9.00. The number of hydrogen-bond donors (Lipinski definition) is 0. The number of unbranched alkanes of at least 4 members (excludes halogenated alkanes) is 5. The van der Waals surface area contributed by atoms with Crippen LogP contribution in [-0.2, 0) is 11.3 Å². The van der Waals surface area contributed by atoms with Gasteiger partial charge in [-0.25, -0.2) is 4.98 Å². The third kappa shape index (κ3) is 4.53. The molecule has 31 heavy (non-hydrogen) atoms. The number of para-hydroxylation sites is 2. The van der Waals surface area contributed by atoms with Crippen molar-refractivity contribution in [2.45, 2.75) is 78.2 Å². The highest BCUT2D eigenvalue weighted by atomic mass is 16.2. The predicted molar refractivity (Wildman–Crippen MR) is 129 cm³/mol. The summed E-state index contributed by atoms with van der Waals surface area (Å²) in [6.07, 6.45) is 8.20. The van der Waals surface area contributed by atoms with Gasteiger partial charge in [0.2, 0.25) is 5.91 Å². The molecule has 1 aliphatic heterocycles. The Bertz CT molecular complexity index is 1050. The van der Waals surface area contributed by atoms with Crippen LogP contribution in [0.3, 0.4) is 0 Å². The highest BCUT2D eigenvalue weighted by Crippen LogP contribution is 2.35. The first-order chi connectivity index (χ1) is 15.1. The van der Waals surface area contributed by atoms with E-state index in [1.54, 1.807) is 0 Å². The number of carbonyl (C=O) groups excluding carboxylic acids is 1. The molecule has 1 saturated heterocycles. The van der Waals surface area contributed by atoms with Crippen molar-refractivity contribution in [3.05, 3.63) is 59.4 Å². The van der Waals surface area contributed by atoms with Crippen LogP contribution in [0.4, 0.5) is 5.69 Å². The molecule has 4 nitrogen and oxygen atoms in total. The normalized spacial score (nSPS) is 16.5. The second kappa shape index (κ2) is 9.67. The smallest absolute Gasteiger partial charge is 0.227 e. The van der Waals surface area contributed by atoms with E-state index in [1.165, 1.54) is 55.2 Å². The van der Waals surface area contributed by atoms with Gasteiger partial charge in [0.05, 0.1) is 11.0 Å². The third-order valence-electron chi connectivity index (χ3n) is 6.78. The minimum absolute atomic E-state index is 0.139. The zero-order chi connectivity index (χ0) is 21.8. The average Bonchev–Trinajstić information content (AvgIpc) is 3.33. The number of amides is 1. The molecule has 1 fully saturated rings. The third-order valence-corrected chi connectivity index (χ3v) is 6.78. The second-order valence-corrected chi connectivity index (χ2v) is 9.00. The Kier molecular flexibility index (Phi) is 6.74. The number of imidazole rings is 1. The molecule has 3 aromatic rings. The van der Waals surface area contributed by atoms with Crippen LogP contribution in [0.1, 0.15) is 74.7 Å². The molecule has 4 rings (SSSR count). The molecular weight excluding hydrogens is 382 g/mol. The van der Waals surface area contributed by atoms with Gasteiger partial charge in [0.1, 0.15) is 5.82 Å². The van der Waals surface area contributed by atoms with Crippen molar-refractivity contribution in [1.82, 2.24) is 9.55 Å². The fraction of sp³-hybridized carbons (Fsp3) is 0.481. The Balaban J connectivity index is 1.56. The van der Waals surface area contributed by atoms with E-state index in [0.717, 1.165) is 23.6 Å². The van der Waals surface area contributed by atoms with Gasteiger partial charge in [0.15, 0.2) is 0 Å². The zero-order valence-electron chi connectivity index (χ0n) is 19.2. The van der Waals surface area contributed by atoms with Crippen LogP contribution >= 0.6 is 0 Å². The van der Waals surface area contributed by atoms with Crippen molar-refractivity contribution in [1.29, 1.82) is 0 Å². The molecule has 0 saturated carbocycles. The lowest BCUT2D eigenvalue weighted by Gasteiger charge is -2.20. The van der Waals surface area contributed by atoms with Gasteiger partial charge < -0.3 is 9.47 Å². The quantitative estimate of drug-likeness (QED) is 0.371. The molecule has 1 unspecified atom stereocenters. The summed E-state index contributed by atoms with van der Waals surface area (Å²) in [4.78, 5) is 20.0. The summed E-state index contributed by atoms with van der Waals surface area (Å²) in [6.45, 7) is 8.17. The predicted octanol–water partition coefficient (Wildman–Crippen LogP) is 6.53. The molecule has 1 atom stereocenters. The maximum absolute atomic E-state index is 13.0. The average molecular weight is 418 g/mol. The van der Waals surface area contributed by atoms with Gasteiger partial charge in [0, 0.05) is 31.1 Å². The van der Waals surface area contributed by atoms with E-state index in [2.05, 4.69) is 61.7 Å². The highest BCUT2D eigenvalue weighted by molar-refractivity contribution is 5.97. The Morgan fingerprint density at radius 2 is 1.74 bits per heavy atom. The molecular formula is C27H35N3O. The first-order valence-corrected chi connectivity index (χ1v) is 11.9. The largest absolute Gasteiger partial charge is 0.328 e. The monoisotopic (exact) mass is 417 g/mol. The fourth-order valence-electron chi connectivity index (χ4n) is 4.83. The molecule has 0 N–H and O–H groups in total. The summed E-state index contributed by atoms with van der Waals surface area (Å²) in [7, 11) is 0. The number of carbonyl (C=O) groups is 1. The number of nitrogens with zero attached hydrogens (tertiary/aromatic N) is 3. The molecule has 1 aliphatic rings.